The monoisotopic (exact) mass is 227 g/mol. The third kappa shape index (κ3) is 2.79. The number of hydrogen-bond acceptors (Lipinski definition) is 6. The number of rotatable bonds is 3. The molecule has 0 saturated carbocycles. The molecule has 6 heteroatoms. The summed E-state index contributed by atoms with van der Waals surface area (Å²) in [5.41, 5.74) is 5.45. The molecular formula is C9H17N5S. The Bertz CT molecular complexity index is 313. The second-order valence-electron chi connectivity index (χ2n) is 3.97. The Balaban J connectivity index is 1.81. The number of aromatic nitrogens is 2. The number of likely N-dealkylation sites (N-methyl/N-ethyl adjacent to an activating group) is 1. The lowest BCUT2D eigenvalue weighted by molar-refractivity contribution is 0.194. The number of hydrogen-bond donors (Lipinski definition) is 2. The highest BCUT2D eigenvalue weighted by atomic mass is 32.1. The first-order valence-electron chi connectivity index (χ1n) is 5.29. The van der Waals surface area contributed by atoms with Gasteiger partial charge in [0, 0.05) is 24.1 Å². The minimum atomic E-state index is 0.361. The van der Waals surface area contributed by atoms with E-state index in [1.54, 1.807) is 0 Å². The number of nitrogens with one attached hydrogen (secondary N) is 1. The highest BCUT2D eigenvalue weighted by Crippen LogP contribution is 2.17. The summed E-state index contributed by atoms with van der Waals surface area (Å²) in [5, 5.41) is 4.11. The van der Waals surface area contributed by atoms with E-state index in [2.05, 4.69) is 26.6 Å². The van der Waals surface area contributed by atoms with Crippen molar-refractivity contribution in [3.05, 3.63) is 0 Å². The summed E-state index contributed by atoms with van der Waals surface area (Å²) in [4.78, 5) is 6.48. The molecule has 1 saturated heterocycles. The summed E-state index contributed by atoms with van der Waals surface area (Å²) in [5.74, 6) is 0.361. The van der Waals surface area contributed by atoms with Crippen LogP contribution in [0.2, 0.25) is 0 Å². The van der Waals surface area contributed by atoms with Crippen molar-refractivity contribution in [2.75, 3.05) is 31.2 Å². The molecule has 84 valence electrons. The van der Waals surface area contributed by atoms with Crippen molar-refractivity contribution < 1.29 is 0 Å². The molecule has 3 N–H and O–H groups in total. The fraction of sp³-hybridized carbons (Fsp3) is 0.778. The Morgan fingerprint density at radius 3 is 3.13 bits per heavy atom. The molecule has 15 heavy (non-hydrogen) atoms. The summed E-state index contributed by atoms with van der Waals surface area (Å²) in [6, 6.07) is 0.615. The molecule has 2 heterocycles. The molecule has 1 fully saturated rings. The molecule has 1 aromatic heterocycles. The Morgan fingerprint density at radius 1 is 1.60 bits per heavy atom. The van der Waals surface area contributed by atoms with Gasteiger partial charge in [-0.05, 0) is 26.4 Å². The zero-order valence-electron chi connectivity index (χ0n) is 8.94. The molecule has 1 aromatic rings. The quantitative estimate of drug-likeness (QED) is 0.807. The smallest absolute Gasteiger partial charge is 0.233 e. The lowest BCUT2D eigenvalue weighted by Gasteiger charge is -2.32. The fourth-order valence-corrected chi connectivity index (χ4v) is 2.42. The molecule has 0 spiro atoms. The molecule has 0 radical (unpaired) electrons. The Morgan fingerprint density at radius 2 is 2.47 bits per heavy atom. The van der Waals surface area contributed by atoms with Crippen LogP contribution in [0.4, 0.5) is 11.1 Å². The SMILES string of the molecule is CN1CCCCC1CNc1nc(N)ns1. The molecule has 0 bridgehead atoms. The summed E-state index contributed by atoms with van der Waals surface area (Å²) in [7, 11) is 2.18. The predicted molar refractivity (Wildman–Crippen MR) is 63.1 cm³/mol. The van der Waals surface area contributed by atoms with Crippen molar-refractivity contribution in [2.24, 2.45) is 0 Å². The van der Waals surface area contributed by atoms with Crippen LogP contribution in [0.5, 0.6) is 0 Å². The Hall–Kier alpha value is -0.880. The molecule has 5 nitrogen and oxygen atoms in total. The van der Waals surface area contributed by atoms with Gasteiger partial charge in [-0.1, -0.05) is 6.42 Å². The van der Waals surface area contributed by atoms with Crippen LogP contribution in [0, 0.1) is 0 Å². The van der Waals surface area contributed by atoms with E-state index in [-0.39, 0.29) is 0 Å². The van der Waals surface area contributed by atoms with E-state index in [1.165, 1.54) is 37.3 Å². The lowest BCUT2D eigenvalue weighted by atomic mass is 10.0. The molecule has 1 aliphatic rings. The van der Waals surface area contributed by atoms with Gasteiger partial charge in [-0.25, -0.2) is 0 Å². The predicted octanol–water partition coefficient (Wildman–Crippen LogP) is 1.02. The van der Waals surface area contributed by atoms with Crippen LogP contribution in [0.25, 0.3) is 0 Å². The zero-order valence-corrected chi connectivity index (χ0v) is 9.76. The number of anilines is 2. The molecule has 1 unspecified atom stereocenters. The van der Waals surface area contributed by atoms with E-state index in [4.69, 9.17) is 5.73 Å². The second-order valence-corrected chi connectivity index (χ2v) is 4.72. The van der Waals surface area contributed by atoms with Crippen molar-refractivity contribution in [1.29, 1.82) is 0 Å². The molecule has 2 rings (SSSR count). The second kappa shape index (κ2) is 4.76. The maximum Gasteiger partial charge on any atom is 0.233 e. The van der Waals surface area contributed by atoms with E-state index in [1.807, 2.05) is 0 Å². The van der Waals surface area contributed by atoms with Gasteiger partial charge in [0.05, 0.1) is 0 Å². The van der Waals surface area contributed by atoms with Crippen LogP contribution in [0.3, 0.4) is 0 Å². The third-order valence-electron chi connectivity index (χ3n) is 2.85. The largest absolute Gasteiger partial charge is 0.367 e. The summed E-state index contributed by atoms with van der Waals surface area (Å²) in [6.45, 7) is 2.13. The average Bonchev–Trinajstić information content (AvgIpc) is 2.63. The van der Waals surface area contributed by atoms with Crippen LogP contribution >= 0.6 is 11.5 Å². The normalized spacial score (nSPS) is 22.9. The topological polar surface area (TPSA) is 67.1 Å². The Kier molecular flexibility index (Phi) is 3.37. The first-order chi connectivity index (χ1) is 7.25. The van der Waals surface area contributed by atoms with Crippen molar-refractivity contribution in [3.63, 3.8) is 0 Å². The molecule has 0 amide bonds. The maximum atomic E-state index is 5.45. The van der Waals surface area contributed by atoms with Crippen molar-refractivity contribution in [1.82, 2.24) is 14.3 Å². The zero-order chi connectivity index (χ0) is 10.7. The van der Waals surface area contributed by atoms with Crippen LogP contribution in [-0.2, 0) is 0 Å². The Labute approximate surface area is 93.9 Å². The minimum absolute atomic E-state index is 0.361. The summed E-state index contributed by atoms with van der Waals surface area (Å²) >= 11 is 1.32. The van der Waals surface area contributed by atoms with Crippen molar-refractivity contribution in [3.8, 4) is 0 Å². The maximum absolute atomic E-state index is 5.45. The first-order valence-corrected chi connectivity index (χ1v) is 6.06. The van der Waals surface area contributed by atoms with E-state index < -0.39 is 0 Å². The first kappa shape index (κ1) is 10.6. The van der Waals surface area contributed by atoms with Gasteiger partial charge in [0.15, 0.2) is 0 Å². The standard InChI is InChI=1S/C9H17N5S/c1-14-5-3-2-4-7(14)6-11-9-12-8(10)13-15-9/h7H,2-6H2,1H3,(H3,10,11,12,13). The molecule has 0 aromatic carbocycles. The van der Waals surface area contributed by atoms with Crippen LogP contribution in [0.15, 0.2) is 0 Å². The highest BCUT2D eigenvalue weighted by molar-refractivity contribution is 7.09. The van der Waals surface area contributed by atoms with E-state index >= 15 is 0 Å². The van der Waals surface area contributed by atoms with E-state index in [0.29, 0.717) is 12.0 Å². The van der Waals surface area contributed by atoms with Gasteiger partial charge in [0.2, 0.25) is 11.1 Å². The van der Waals surface area contributed by atoms with Gasteiger partial charge in [0.25, 0.3) is 0 Å². The number of likely N-dealkylation sites (tertiary alicyclic amines) is 1. The number of nitrogens with two attached hydrogens (primary N) is 1. The molecule has 0 aliphatic carbocycles. The van der Waals surface area contributed by atoms with Crippen molar-refractivity contribution in [2.45, 2.75) is 25.3 Å². The minimum Gasteiger partial charge on any atom is -0.367 e. The highest BCUT2D eigenvalue weighted by Gasteiger charge is 2.18. The van der Waals surface area contributed by atoms with Gasteiger partial charge < -0.3 is 16.0 Å². The van der Waals surface area contributed by atoms with Crippen LogP contribution < -0.4 is 11.1 Å². The van der Waals surface area contributed by atoms with Crippen LogP contribution in [0.1, 0.15) is 19.3 Å². The van der Waals surface area contributed by atoms with E-state index in [9.17, 15) is 0 Å². The van der Waals surface area contributed by atoms with Crippen molar-refractivity contribution >= 4 is 22.6 Å². The van der Waals surface area contributed by atoms with Gasteiger partial charge in [-0.15, -0.1) is 0 Å². The molecule has 1 atom stereocenters. The van der Waals surface area contributed by atoms with Gasteiger partial charge in [-0.2, -0.15) is 9.36 Å². The number of nitrogen functional groups attached to an aromatic ring is 1. The van der Waals surface area contributed by atoms with Gasteiger partial charge in [-0.3, -0.25) is 0 Å². The number of piperidine rings is 1. The molecule has 1 aliphatic heterocycles. The van der Waals surface area contributed by atoms with Gasteiger partial charge in [0.1, 0.15) is 0 Å². The summed E-state index contributed by atoms with van der Waals surface area (Å²) in [6.07, 6.45) is 3.91. The van der Waals surface area contributed by atoms with Crippen LogP contribution in [-0.4, -0.2) is 40.4 Å². The summed E-state index contributed by atoms with van der Waals surface area (Å²) < 4.78 is 3.93. The number of nitrogens with zero attached hydrogens (tertiary/aromatic N) is 3. The fourth-order valence-electron chi connectivity index (χ4n) is 1.91. The van der Waals surface area contributed by atoms with Gasteiger partial charge >= 0.3 is 0 Å². The van der Waals surface area contributed by atoms with E-state index in [0.717, 1.165) is 11.7 Å². The third-order valence-corrected chi connectivity index (χ3v) is 3.54. The molecular weight excluding hydrogens is 210 g/mol. The average molecular weight is 227 g/mol. The lowest BCUT2D eigenvalue weighted by Crippen LogP contribution is -2.40.